The molecule has 0 bridgehead atoms. The van der Waals surface area contributed by atoms with Gasteiger partial charge in [-0.25, -0.2) is 0 Å². The quantitative estimate of drug-likeness (QED) is 0.501. The van der Waals surface area contributed by atoms with Crippen LogP contribution in [0.1, 0.15) is 12.5 Å². The largest absolute Gasteiger partial charge is 0.455 e. The zero-order valence-corrected chi connectivity index (χ0v) is 11.8. The first-order chi connectivity index (χ1) is 10.4. The Morgan fingerprint density at radius 2 is 1.90 bits per heavy atom. The topological polar surface area (TPSA) is 26.0 Å². The monoisotopic (exact) mass is 273 g/mol. The molecule has 2 heteroatoms. The smallest absolute Gasteiger partial charge is 0.144 e. The maximum atomic E-state index is 6.14. The van der Waals surface area contributed by atoms with Gasteiger partial charge in [0.25, 0.3) is 0 Å². The number of benzene rings is 2. The summed E-state index contributed by atoms with van der Waals surface area (Å²) in [6.07, 6.45) is 2.83. The zero-order valence-electron chi connectivity index (χ0n) is 11.8. The van der Waals surface area contributed by atoms with Crippen molar-refractivity contribution in [1.29, 1.82) is 0 Å². The molecule has 0 spiro atoms. The molecule has 0 saturated carbocycles. The van der Waals surface area contributed by atoms with Gasteiger partial charge >= 0.3 is 0 Å². The summed E-state index contributed by atoms with van der Waals surface area (Å²) in [5, 5.41) is 2.32. The molecular formula is C19H15NO. The molecule has 4 aromatic rings. The number of para-hydroxylation sites is 1. The second-order valence-electron chi connectivity index (χ2n) is 5.18. The fourth-order valence-electron chi connectivity index (χ4n) is 2.79. The molecule has 2 heterocycles. The molecule has 0 aliphatic rings. The van der Waals surface area contributed by atoms with E-state index >= 15 is 0 Å². The van der Waals surface area contributed by atoms with E-state index in [0.717, 1.165) is 34.2 Å². The van der Waals surface area contributed by atoms with Crippen molar-refractivity contribution in [3.63, 3.8) is 0 Å². The Bertz CT molecular complexity index is 922. The highest BCUT2D eigenvalue weighted by Gasteiger charge is 2.12. The first-order valence-electron chi connectivity index (χ1n) is 7.22. The van der Waals surface area contributed by atoms with Crippen LogP contribution in [0.2, 0.25) is 0 Å². The second-order valence-corrected chi connectivity index (χ2v) is 5.18. The first-order valence-corrected chi connectivity index (χ1v) is 7.22. The van der Waals surface area contributed by atoms with E-state index < -0.39 is 0 Å². The molecule has 0 unspecified atom stereocenters. The number of aryl methyl sites for hydroxylation is 1. The molecule has 0 amide bonds. The number of rotatable bonds is 2. The zero-order chi connectivity index (χ0) is 14.2. The van der Waals surface area contributed by atoms with E-state index in [1.165, 1.54) is 10.9 Å². The number of hydrogen-bond acceptors (Lipinski definition) is 2. The number of aromatic nitrogens is 1. The van der Waals surface area contributed by atoms with Crippen LogP contribution < -0.4 is 0 Å². The van der Waals surface area contributed by atoms with Crippen molar-refractivity contribution >= 4 is 21.9 Å². The number of pyridine rings is 1. The molecule has 0 atom stereocenters. The summed E-state index contributed by atoms with van der Waals surface area (Å²) >= 11 is 0. The van der Waals surface area contributed by atoms with Crippen molar-refractivity contribution in [3.8, 4) is 11.3 Å². The maximum absolute atomic E-state index is 6.14. The molecule has 0 radical (unpaired) electrons. The van der Waals surface area contributed by atoms with Crippen LogP contribution in [-0.4, -0.2) is 4.98 Å². The van der Waals surface area contributed by atoms with Crippen molar-refractivity contribution in [1.82, 2.24) is 4.98 Å². The standard InChI is InChI=1S/C19H15NO/c1-2-13-9-10-14-15-6-5-7-16(17-8-3-4-11-20-17)19(15)21-18(14)12-13/h3-12H,2H2,1H3. The van der Waals surface area contributed by atoms with E-state index in [0.29, 0.717) is 0 Å². The van der Waals surface area contributed by atoms with Gasteiger partial charge in [-0.1, -0.05) is 37.3 Å². The average molecular weight is 273 g/mol. The minimum absolute atomic E-state index is 0.916. The molecule has 2 nitrogen and oxygen atoms in total. The third-order valence-corrected chi connectivity index (χ3v) is 3.91. The fourth-order valence-corrected chi connectivity index (χ4v) is 2.79. The Balaban J connectivity index is 2.05. The molecule has 0 aliphatic carbocycles. The van der Waals surface area contributed by atoms with Gasteiger partial charge in [-0.2, -0.15) is 0 Å². The van der Waals surface area contributed by atoms with Gasteiger partial charge in [-0.15, -0.1) is 0 Å². The van der Waals surface area contributed by atoms with E-state index in [9.17, 15) is 0 Å². The Morgan fingerprint density at radius 3 is 2.71 bits per heavy atom. The molecule has 102 valence electrons. The molecule has 0 aliphatic heterocycles. The predicted molar refractivity (Wildman–Crippen MR) is 86.3 cm³/mol. The summed E-state index contributed by atoms with van der Waals surface area (Å²) in [5.41, 5.74) is 5.15. The van der Waals surface area contributed by atoms with E-state index in [4.69, 9.17) is 4.42 Å². The highest BCUT2D eigenvalue weighted by molar-refractivity contribution is 6.09. The molecular weight excluding hydrogens is 258 g/mol. The van der Waals surface area contributed by atoms with Gasteiger partial charge in [0.1, 0.15) is 11.2 Å². The first kappa shape index (κ1) is 12.2. The normalized spacial score (nSPS) is 11.3. The predicted octanol–water partition coefficient (Wildman–Crippen LogP) is 5.21. The lowest BCUT2D eigenvalue weighted by molar-refractivity contribution is 0.669. The second kappa shape index (κ2) is 4.74. The number of nitrogens with zero attached hydrogens (tertiary/aromatic N) is 1. The van der Waals surface area contributed by atoms with Crippen molar-refractivity contribution in [3.05, 3.63) is 66.4 Å². The number of fused-ring (bicyclic) bond motifs is 3. The lowest BCUT2D eigenvalue weighted by Gasteiger charge is -2.00. The third-order valence-electron chi connectivity index (χ3n) is 3.91. The van der Waals surface area contributed by atoms with Gasteiger partial charge in [0.15, 0.2) is 0 Å². The van der Waals surface area contributed by atoms with Crippen LogP contribution in [0.5, 0.6) is 0 Å². The van der Waals surface area contributed by atoms with E-state index in [1.807, 2.05) is 24.4 Å². The SMILES string of the molecule is CCc1ccc2c(c1)oc1c(-c3ccccn3)cccc12. The number of furan rings is 1. The van der Waals surface area contributed by atoms with Crippen LogP contribution in [0.25, 0.3) is 33.2 Å². The van der Waals surface area contributed by atoms with Crippen LogP contribution >= 0.6 is 0 Å². The van der Waals surface area contributed by atoms with Gasteiger partial charge < -0.3 is 4.42 Å². The van der Waals surface area contributed by atoms with Crippen LogP contribution in [-0.2, 0) is 6.42 Å². The summed E-state index contributed by atoms with van der Waals surface area (Å²) in [6, 6.07) is 18.6. The average Bonchev–Trinajstić information content (AvgIpc) is 2.93. The van der Waals surface area contributed by atoms with Crippen LogP contribution in [0.3, 0.4) is 0 Å². The van der Waals surface area contributed by atoms with Crippen molar-refractivity contribution in [2.75, 3.05) is 0 Å². The molecule has 0 fully saturated rings. The van der Waals surface area contributed by atoms with Gasteiger partial charge in [-0.05, 0) is 36.2 Å². The summed E-state index contributed by atoms with van der Waals surface area (Å²) in [5.74, 6) is 0. The van der Waals surface area contributed by atoms with E-state index in [1.54, 1.807) is 0 Å². The Kier molecular flexibility index (Phi) is 2.74. The van der Waals surface area contributed by atoms with Gasteiger partial charge in [0.05, 0.1) is 5.69 Å². The maximum Gasteiger partial charge on any atom is 0.144 e. The molecule has 0 saturated heterocycles. The van der Waals surface area contributed by atoms with Crippen LogP contribution in [0, 0.1) is 0 Å². The summed E-state index contributed by atoms with van der Waals surface area (Å²) < 4.78 is 6.14. The van der Waals surface area contributed by atoms with Gasteiger partial charge in [-0.3, -0.25) is 4.98 Å². The Morgan fingerprint density at radius 1 is 0.952 bits per heavy atom. The molecule has 2 aromatic carbocycles. The molecule has 2 aromatic heterocycles. The Labute approximate surface area is 123 Å². The molecule has 0 N–H and O–H groups in total. The van der Waals surface area contributed by atoms with E-state index in [-0.39, 0.29) is 0 Å². The lowest BCUT2D eigenvalue weighted by Crippen LogP contribution is -1.81. The van der Waals surface area contributed by atoms with Gasteiger partial charge in [0, 0.05) is 22.5 Å². The summed E-state index contributed by atoms with van der Waals surface area (Å²) in [4.78, 5) is 4.44. The number of hydrogen-bond donors (Lipinski definition) is 0. The third kappa shape index (κ3) is 1.91. The Hall–Kier alpha value is -2.61. The minimum atomic E-state index is 0.916. The summed E-state index contributed by atoms with van der Waals surface area (Å²) in [6.45, 7) is 2.16. The van der Waals surface area contributed by atoms with E-state index in [2.05, 4.69) is 48.3 Å². The van der Waals surface area contributed by atoms with Crippen molar-refractivity contribution in [2.24, 2.45) is 0 Å². The van der Waals surface area contributed by atoms with Crippen molar-refractivity contribution < 1.29 is 4.42 Å². The highest BCUT2D eigenvalue weighted by Crippen LogP contribution is 2.35. The lowest BCUT2D eigenvalue weighted by atomic mass is 10.1. The van der Waals surface area contributed by atoms with Crippen LogP contribution in [0.15, 0.2) is 65.2 Å². The summed E-state index contributed by atoms with van der Waals surface area (Å²) in [7, 11) is 0. The minimum Gasteiger partial charge on any atom is -0.455 e. The molecule has 4 rings (SSSR count). The van der Waals surface area contributed by atoms with Crippen LogP contribution in [0.4, 0.5) is 0 Å². The van der Waals surface area contributed by atoms with Crippen molar-refractivity contribution in [2.45, 2.75) is 13.3 Å². The van der Waals surface area contributed by atoms with Gasteiger partial charge in [0.2, 0.25) is 0 Å². The molecule has 21 heavy (non-hydrogen) atoms. The fraction of sp³-hybridized carbons (Fsp3) is 0.105. The highest BCUT2D eigenvalue weighted by atomic mass is 16.3.